The van der Waals surface area contributed by atoms with Crippen molar-refractivity contribution in [1.29, 1.82) is 0 Å². The third-order valence-electron chi connectivity index (χ3n) is 13.9. The standard InChI is InChI=1S/C63H110O12/c1-4-7-10-13-16-19-22-25-27-28-30-32-34-37-40-43-46-49-55(64)71-52-54(73-56(65)50-47-44-41-38-35-31-24-21-18-15-12-9-6-3)53-72-63-61(59(68)58(67)60(75-63)62(69)70)74-57(66)51-48-45-42-39-36-33-29-26-23-20-17-14-11-8-5-2/h7,10,16,19,21,24-25,27,54,58-61,63,67-68H,4-6,8-9,11-15,17-18,20,22-23,26,28-53H2,1-3H3,(H,69,70)/b10-7-,19-16-,24-21-,27-25-. The normalized spacial score (nSPS) is 18.4. The molecule has 3 N–H and O–H groups in total. The van der Waals surface area contributed by atoms with Crippen LogP contribution in [-0.4, -0.2) is 89.2 Å². The molecule has 0 bridgehead atoms. The highest BCUT2D eigenvalue weighted by molar-refractivity contribution is 5.74. The number of carbonyl (C=O) groups is 4. The molecule has 0 spiro atoms. The van der Waals surface area contributed by atoms with Crippen molar-refractivity contribution in [3.63, 3.8) is 0 Å². The molecule has 75 heavy (non-hydrogen) atoms. The van der Waals surface area contributed by atoms with Crippen LogP contribution >= 0.6 is 0 Å². The first-order chi connectivity index (χ1) is 36.6. The molecule has 0 aromatic carbocycles. The molecule has 0 aromatic heterocycles. The first-order valence-corrected chi connectivity index (χ1v) is 30.6. The molecule has 0 saturated carbocycles. The molecule has 6 unspecified atom stereocenters. The highest BCUT2D eigenvalue weighted by Gasteiger charge is 2.50. The second-order valence-electron chi connectivity index (χ2n) is 21.0. The van der Waals surface area contributed by atoms with Gasteiger partial charge in [0.2, 0.25) is 0 Å². The van der Waals surface area contributed by atoms with Gasteiger partial charge in [0.1, 0.15) is 18.8 Å². The summed E-state index contributed by atoms with van der Waals surface area (Å²) in [7, 11) is 0. The number of unbranched alkanes of at least 4 members (excludes halogenated alkanes) is 30. The van der Waals surface area contributed by atoms with E-state index >= 15 is 0 Å². The molecule has 1 aliphatic heterocycles. The largest absolute Gasteiger partial charge is 0.479 e. The molecule has 1 heterocycles. The molecule has 1 fully saturated rings. The van der Waals surface area contributed by atoms with Gasteiger partial charge in [0.25, 0.3) is 0 Å². The van der Waals surface area contributed by atoms with Gasteiger partial charge in [0.05, 0.1) is 6.61 Å². The number of aliphatic carboxylic acids is 1. The molecular weight excluding hydrogens is 949 g/mol. The van der Waals surface area contributed by atoms with Gasteiger partial charge in [-0.3, -0.25) is 14.4 Å². The average molecular weight is 1060 g/mol. The number of aliphatic hydroxyl groups is 2. The highest BCUT2D eigenvalue weighted by atomic mass is 16.7. The molecule has 1 aliphatic rings. The van der Waals surface area contributed by atoms with E-state index in [-0.39, 0.29) is 25.9 Å². The Bertz CT molecular complexity index is 1490. The van der Waals surface area contributed by atoms with E-state index in [2.05, 4.69) is 69.4 Å². The van der Waals surface area contributed by atoms with Gasteiger partial charge in [0, 0.05) is 19.3 Å². The summed E-state index contributed by atoms with van der Waals surface area (Å²) < 4.78 is 28.5. The van der Waals surface area contributed by atoms with Gasteiger partial charge >= 0.3 is 23.9 Å². The van der Waals surface area contributed by atoms with Gasteiger partial charge in [-0.25, -0.2) is 4.79 Å². The minimum absolute atomic E-state index is 0.0628. The molecule has 12 heteroatoms. The predicted octanol–water partition coefficient (Wildman–Crippen LogP) is 15.8. The number of esters is 3. The van der Waals surface area contributed by atoms with E-state index in [1.54, 1.807) is 0 Å². The molecule has 1 rings (SSSR count). The number of aliphatic hydroxyl groups excluding tert-OH is 2. The number of allylic oxidation sites excluding steroid dienone is 8. The van der Waals surface area contributed by atoms with Crippen LogP contribution in [0.4, 0.5) is 0 Å². The van der Waals surface area contributed by atoms with E-state index in [1.807, 2.05) is 0 Å². The third kappa shape index (κ3) is 41.5. The number of rotatable bonds is 52. The summed E-state index contributed by atoms with van der Waals surface area (Å²) in [6, 6.07) is 0. The van der Waals surface area contributed by atoms with Crippen LogP contribution in [-0.2, 0) is 42.9 Å². The van der Waals surface area contributed by atoms with Gasteiger partial charge < -0.3 is 39.0 Å². The van der Waals surface area contributed by atoms with E-state index in [9.17, 15) is 34.5 Å². The number of ether oxygens (including phenoxy) is 5. The minimum Gasteiger partial charge on any atom is -0.479 e. The Morgan fingerprint density at radius 2 is 0.840 bits per heavy atom. The van der Waals surface area contributed by atoms with E-state index in [0.717, 1.165) is 116 Å². The lowest BCUT2D eigenvalue weighted by atomic mass is 9.98. The van der Waals surface area contributed by atoms with Crippen LogP contribution in [0.1, 0.15) is 278 Å². The molecule has 434 valence electrons. The lowest BCUT2D eigenvalue weighted by Gasteiger charge is -2.40. The summed E-state index contributed by atoms with van der Waals surface area (Å²) in [5.74, 6) is -3.12. The number of hydrogen-bond donors (Lipinski definition) is 3. The van der Waals surface area contributed by atoms with Crippen LogP contribution in [0.25, 0.3) is 0 Å². The second-order valence-corrected chi connectivity index (χ2v) is 21.0. The summed E-state index contributed by atoms with van der Waals surface area (Å²) in [6.07, 6.45) is 49.3. The van der Waals surface area contributed by atoms with Crippen molar-refractivity contribution in [3.05, 3.63) is 48.6 Å². The number of carboxylic acid groups (broad SMARTS) is 1. The maximum atomic E-state index is 13.1. The SMILES string of the molecule is CC/C=C\C/C=C\C/C=C\CCCCCCCCCC(=O)OCC(COC1OC(C(=O)O)C(O)C(O)C1OC(=O)CCCCCCCCCCCCCCCCC)OC(=O)CCCCCCC/C=C\CCCCCC. The van der Waals surface area contributed by atoms with Crippen molar-refractivity contribution in [2.75, 3.05) is 13.2 Å². The van der Waals surface area contributed by atoms with E-state index in [1.165, 1.54) is 103 Å². The Kier molecular flexibility index (Phi) is 47.8. The fourth-order valence-corrected chi connectivity index (χ4v) is 9.20. The molecule has 0 amide bonds. The van der Waals surface area contributed by atoms with E-state index in [4.69, 9.17) is 23.7 Å². The topological polar surface area (TPSA) is 175 Å². The molecule has 0 aromatic rings. The summed E-state index contributed by atoms with van der Waals surface area (Å²) in [5.41, 5.74) is 0. The Morgan fingerprint density at radius 1 is 0.453 bits per heavy atom. The van der Waals surface area contributed by atoms with Crippen molar-refractivity contribution >= 4 is 23.9 Å². The van der Waals surface area contributed by atoms with Crippen molar-refractivity contribution < 1.29 is 58.2 Å². The lowest BCUT2D eigenvalue weighted by molar-refractivity contribution is -0.301. The summed E-state index contributed by atoms with van der Waals surface area (Å²) >= 11 is 0. The van der Waals surface area contributed by atoms with Crippen molar-refractivity contribution in [2.24, 2.45) is 0 Å². The first-order valence-electron chi connectivity index (χ1n) is 30.6. The molecule has 12 nitrogen and oxygen atoms in total. The zero-order chi connectivity index (χ0) is 54.7. The van der Waals surface area contributed by atoms with Gasteiger partial charge in [-0.05, 0) is 77.0 Å². The van der Waals surface area contributed by atoms with Crippen LogP contribution in [0.5, 0.6) is 0 Å². The number of carbonyl (C=O) groups excluding carboxylic acids is 3. The van der Waals surface area contributed by atoms with Crippen LogP contribution in [0.15, 0.2) is 48.6 Å². The van der Waals surface area contributed by atoms with Crippen LogP contribution in [0.3, 0.4) is 0 Å². The van der Waals surface area contributed by atoms with Gasteiger partial charge in [0.15, 0.2) is 24.6 Å². The quantitative estimate of drug-likeness (QED) is 0.0228. The smallest absolute Gasteiger partial charge is 0.335 e. The third-order valence-corrected chi connectivity index (χ3v) is 13.9. The molecule has 1 saturated heterocycles. The summed E-state index contributed by atoms with van der Waals surface area (Å²) in [6.45, 7) is 5.87. The monoisotopic (exact) mass is 1060 g/mol. The predicted molar refractivity (Wildman–Crippen MR) is 303 cm³/mol. The minimum atomic E-state index is -1.90. The van der Waals surface area contributed by atoms with Crippen LogP contribution in [0, 0.1) is 0 Å². The van der Waals surface area contributed by atoms with Crippen LogP contribution in [0.2, 0.25) is 0 Å². The zero-order valence-corrected chi connectivity index (χ0v) is 47.8. The zero-order valence-electron chi connectivity index (χ0n) is 47.8. The highest BCUT2D eigenvalue weighted by Crippen LogP contribution is 2.27. The Labute approximate surface area is 456 Å². The Morgan fingerprint density at radius 3 is 1.31 bits per heavy atom. The number of hydrogen-bond acceptors (Lipinski definition) is 11. The first kappa shape index (κ1) is 69.7. The van der Waals surface area contributed by atoms with Gasteiger partial charge in [-0.1, -0.05) is 230 Å². The van der Waals surface area contributed by atoms with Gasteiger partial charge in [-0.15, -0.1) is 0 Å². The fraction of sp³-hybridized carbons (Fsp3) is 0.810. The molecule has 6 atom stereocenters. The Balaban J connectivity index is 2.67. The molecular formula is C63H110O12. The number of carboxylic acids is 1. The average Bonchev–Trinajstić information content (AvgIpc) is 3.39. The summed E-state index contributed by atoms with van der Waals surface area (Å²) in [4.78, 5) is 51.2. The van der Waals surface area contributed by atoms with Crippen molar-refractivity contribution in [1.82, 2.24) is 0 Å². The Hall–Kier alpha value is -3.32. The maximum Gasteiger partial charge on any atom is 0.335 e. The van der Waals surface area contributed by atoms with Crippen LogP contribution < -0.4 is 0 Å². The fourth-order valence-electron chi connectivity index (χ4n) is 9.20. The molecule has 0 radical (unpaired) electrons. The second kappa shape index (κ2) is 51.4. The molecule has 0 aliphatic carbocycles. The lowest BCUT2D eigenvalue weighted by Crippen LogP contribution is -2.61. The van der Waals surface area contributed by atoms with E-state index in [0.29, 0.717) is 19.3 Å². The van der Waals surface area contributed by atoms with Crippen molar-refractivity contribution in [3.8, 4) is 0 Å². The van der Waals surface area contributed by atoms with Crippen molar-refractivity contribution in [2.45, 2.75) is 314 Å². The summed E-state index contributed by atoms with van der Waals surface area (Å²) in [5, 5.41) is 31.5. The van der Waals surface area contributed by atoms with Gasteiger partial charge in [-0.2, -0.15) is 0 Å². The van der Waals surface area contributed by atoms with E-state index < -0.39 is 67.3 Å². The maximum absolute atomic E-state index is 13.1.